The lowest BCUT2D eigenvalue weighted by Gasteiger charge is -2.17. The standard InChI is InChI=1S/C27H40N4O2/c1-6-10-12-20(7-2)18-28-26(32)29-23-16-15-19(5)24(17-23)30-27(33)31-25-21(8-3)13-11-14-22(25)9-4/h11,13-17,20H,6-10,12,18H2,1-5H3,(H2,28,29,32)(H2,30,31,33). The highest BCUT2D eigenvalue weighted by Crippen LogP contribution is 2.24. The number of carbonyl (C=O) groups excluding carboxylic acids is 2. The average Bonchev–Trinajstić information content (AvgIpc) is 2.81. The van der Waals surface area contributed by atoms with E-state index in [4.69, 9.17) is 0 Å². The molecule has 0 bridgehead atoms. The second-order valence-electron chi connectivity index (χ2n) is 8.52. The van der Waals surface area contributed by atoms with E-state index in [2.05, 4.69) is 49.0 Å². The number of hydrogen-bond donors (Lipinski definition) is 4. The molecule has 0 aliphatic heterocycles. The van der Waals surface area contributed by atoms with Crippen LogP contribution >= 0.6 is 0 Å². The van der Waals surface area contributed by atoms with Crippen LogP contribution in [0.1, 0.15) is 70.1 Å². The molecule has 1 atom stereocenters. The summed E-state index contributed by atoms with van der Waals surface area (Å²) in [4.78, 5) is 25.2. The smallest absolute Gasteiger partial charge is 0.323 e. The van der Waals surface area contributed by atoms with Crippen LogP contribution in [0.5, 0.6) is 0 Å². The van der Waals surface area contributed by atoms with Crippen LogP contribution in [0.25, 0.3) is 0 Å². The number of unbranched alkanes of at least 4 members (excludes halogenated alkanes) is 1. The molecule has 2 aromatic rings. The van der Waals surface area contributed by atoms with Crippen LogP contribution < -0.4 is 21.3 Å². The van der Waals surface area contributed by atoms with Crippen molar-refractivity contribution >= 4 is 29.1 Å². The summed E-state index contributed by atoms with van der Waals surface area (Å²) < 4.78 is 0. The molecule has 0 aliphatic rings. The number of aryl methyl sites for hydroxylation is 3. The molecule has 0 aromatic heterocycles. The topological polar surface area (TPSA) is 82.3 Å². The third-order valence-corrected chi connectivity index (χ3v) is 6.08. The van der Waals surface area contributed by atoms with E-state index >= 15 is 0 Å². The van der Waals surface area contributed by atoms with Crippen LogP contribution in [0.2, 0.25) is 0 Å². The number of amides is 4. The van der Waals surface area contributed by atoms with Crippen molar-refractivity contribution < 1.29 is 9.59 Å². The molecule has 0 heterocycles. The number of para-hydroxylation sites is 1. The number of benzene rings is 2. The monoisotopic (exact) mass is 452 g/mol. The van der Waals surface area contributed by atoms with E-state index in [1.807, 2.05) is 37.3 Å². The molecule has 0 radical (unpaired) electrons. The van der Waals surface area contributed by atoms with Crippen molar-refractivity contribution in [1.29, 1.82) is 0 Å². The van der Waals surface area contributed by atoms with Crippen molar-refractivity contribution in [3.63, 3.8) is 0 Å². The maximum absolute atomic E-state index is 12.8. The van der Waals surface area contributed by atoms with Crippen molar-refractivity contribution in [3.05, 3.63) is 53.1 Å². The van der Waals surface area contributed by atoms with E-state index in [9.17, 15) is 9.59 Å². The van der Waals surface area contributed by atoms with E-state index in [0.717, 1.165) is 48.1 Å². The molecule has 0 aliphatic carbocycles. The number of urea groups is 2. The summed E-state index contributed by atoms with van der Waals surface area (Å²) in [7, 11) is 0. The summed E-state index contributed by atoms with van der Waals surface area (Å²) in [6, 6.07) is 11.1. The van der Waals surface area contributed by atoms with Gasteiger partial charge in [-0.3, -0.25) is 0 Å². The van der Waals surface area contributed by atoms with Crippen LogP contribution in [0.3, 0.4) is 0 Å². The first kappa shape index (κ1) is 26.2. The molecule has 0 saturated carbocycles. The lowest BCUT2D eigenvalue weighted by molar-refractivity contribution is 0.249. The second-order valence-corrected chi connectivity index (χ2v) is 8.52. The number of rotatable bonds is 11. The number of carbonyl (C=O) groups is 2. The van der Waals surface area contributed by atoms with Gasteiger partial charge >= 0.3 is 12.1 Å². The predicted molar refractivity (Wildman–Crippen MR) is 139 cm³/mol. The Hall–Kier alpha value is -3.02. The Morgan fingerprint density at radius 3 is 2.18 bits per heavy atom. The van der Waals surface area contributed by atoms with Gasteiger partial charge in [-0.2, -0.15) is 0 Å². The zero-order valence-electron chi connectivity index (χ0n) is 20.8. The molecule has 2 rings (SSSR count). The highest BCUT2D eigenvalue weighted by atomic mass is 16.2. The zero-order valence-corrected chi connectivity index (χ0v) is 20.8. The second kappa shape index (κ2) is 13.5. The first-order valence-electron chi connectivity index (χ1n) is 12.3. The third kappa shape index (κ3) is 8.12. The molecule has 0 spiro atoms. The Balaban J connectivity index is 2.01. The normalized spacial score (nSPS) is 11.5. The molecule has 0 fully saturated rings. The predicted octanol–water partition coefficient (Wildman–Crippen LogP) is 7.10. The summed E-state index contributed by atoms with van der Waals surface area (Å²) in [6.07, 6.45) is 6.21. The molecule has 0 saturated heterocycles. The molecule has 4 N–H and O–H groups in total. The van der Waals surface area contributed by atoms with E-state index in [1.54, 1.807) is 6.07 Å². The Morgan fingerprint density at radius 2 is 1.58 bits per heavy atom. The first-order valence-corrected chi connectivity index (χ1v) is 12.3. The molecule has 1 unspecified atom stereocenters. The van der Waals surface area contributed by atoms with Crippen LogP contribution in [0.15, 0.2) is 36.4 Å². The molecule has 2 aromatic carbocycles. The van der Waals surface area contributed by atoms with E-state index in [-0.39, 0.29) is 12.1 Å². The van der Waals surface area contributed by atoms with Gasteiger partial charge in [-0.15, -0.1) is 0 Å². The number of hydrogen-bond acceptors (Lipinski definition) is 2. The molecular weight excluding hydrogens is 412 g/mol. The van der Waals surface area contributed by atoms with Gasteiger partial charge in [0.15, 0.2) is 0 Å². The third-order valence-electron chi connectivity index (χ3n) is 6.08. The van der Waals surface area contributed by atoms with Gasteiger partial charge in [-0.05, 0) is 60.9 Å². The molecule has 6 nitrogen and oxygen atoms in total. The Morgan fingerprint density at radius 1 is 0.879 bits per heavy atom. The fraction of sp³-hybridized carbons (Fsp3) is 0.481. The summed E-state index contributed by atoms with van der Waals surface area (Å²) in [6.45, 7) is 11.1. The van der Waals surface area contributed by atoms with Gasteiger partial charge in [0, 0.05) is 23.6 Å². The van der Waals surface area contributed by atoms with E-state index < -0.39 is 0 Å². The molecule has 6 heteroatoms. The number of anilines is 3. The van der Waals surface area contributed by atoms with Crippen LogP contribution in [-0.2, 0) is 12.8 Å². The molecular formula is C27H40N4O2. The van der Waals surface area contributed by atoms with Crippen LogP contribution in [0.4, 0.5) is 26.7 Å². The lowest BCUT2D eigenvalue weighted by atomic mass is 9.99. The van der Waals surface area contributed by atoms with E-state index in [0.29, 0.717) is 23.8 Å². The fourth-order valence-electron chi connectivity index (χ4n) is 3.86. The van der Waals surface area contributed by atoms with Gasteiger partial charge in [-0.1, -0.05) is 71.2 Å². The Bertz CT molecular complexity index is 904. The minimum Gasteiger partial charge on any atom is -0.338 e. The largest absolute Gasteiger partial charge is 0.338 e. The molecule has 4 amide bonds. The van der Waals surface area contributed by atoms with Crippen LogP contribution in [0, 0.1) is 12.8 Å². The SMILES string of the molecule is CCCCC(CC)CNC(=O)Nc1ccc(C)c(NC(=O)Nc2c(CC)cccc2CC)c1. The van der Waals surface area contributed by atoms with Crippen molar-refractivity contribution in [3.8, 4) is 0 Å². The number of nitrogens with one attached hydrogen (secondary N) is 4. The minimum absolute atomic E-state index is 0.228. The average molecular weight is 453 g/mol. The van der Waals surface area contributed by atoms with Gasteiger partial charge in [0.25, 0.3) is 0 Å². The Kier molecular flexibility index (Phi) is 10.7. The fourth-order valence-corrected chi connectivity index (χ4v) is 3.86. The maximum atomic E-state index is 12.8. The van der Waals surface area contributed by atoms with Gasteiger partial charge in [0.2, 0.25) is 0 Å². The highest BCUT2D eigenvalue weighted by Gasteiger charge is 2.13. The van der Waals surface area contributed by atoms with Crippen molar-refractivity contribution in [1.82, 2.24) is 5.32 Å². The minimum atomic E-state index is -0.294. The van der Waals surface area contributed by atoms with Crippen LogP contribution in [-0.4, -0.2) is 18.6 Å². The van der Waals surface area contributed by atoms with Gasteiger partial charge in [-0.25, -0.2) is 9.59 Å². The van der Waals surface area contributed by atoms with Gasteiger partial charge < -0.3 is 21.3 Å². The first-order chi connectivity index (χ1) is 15.9. The maximum Gasteiger partial charge on any atom is 0.323 e. The lowest BCUT2D eigenvalue weighted by Crippen LogP contribution is -2.33. The Labute approximate surface area is 198 Å². The van der Waals surface area contributed by atoms with Crippen molar-refractivity contribution in [2.24, 2.45) is 5.92 Å². The van der Waals surface area contributed by atoms with Crippen molar-refractivity contribution in [2.75, 3.05) is 22.5 Å². The quantitative estimate of drug-likeness (QED) is 0.293. The van der Waals surface area contributed by atoms with E-state index in [1.165, 1.54) is 12.8 Å². The molecule has 180 valence electrons. The van der Waals surface area contributed by atoms with Crippen molar-refractivity contribution in [2.45, 2.75) is 73.1 Å². The summed E-state index contributed by atoms with van der Waals surface area (Å²) >= 11 is 0. The van der Waals surface area contributed by atoms with Gasteiger partial charge in [0.05, 0.1) is 0 Å². The molecule has 33 heavy (non-hydrogen) atoms. The zero-order chi connectivity index (χ0) is 24.2. The summed E-state index contributed by atoms with van der Waals surface area (Å²) in [5.41, 5.74) is 5.31. The summed E-state index contributed by atoms with van der Waals surface area (Å²) in [5.74, 6) is 0.494. The summed E-state index contributed by atoms with van der Waals surface area (Å²) in [5, 5.41) is 11.8. The van der Waals surface area contributed by atoms with Gasteiger partial charge in [0.1, 0.15) is 0 Å². The highest BCUT2D eigenvalue weighted by molar-refractivity contribution is 6.02.